The van der Waals surface area contributed by atoms with Crippen molar-refractivity contribution in [1.82, 2.24) is 10.6 Å². The summed E-state index contributed by atoms with van der Waals surface area (Å²) in [6, 6.07) is 0.324. The second-order valence-electron chi connectivity index (χ2n) is 2.48. The molecule has 0 saturated carbocycles. The predicted octanol–water partition coefficient (Wildman–Crippen LogP) is 0.287. The van der Waals surface area contributed by atoms with E-state index in [0.29, 0.717) is 12.6 Å². The zero-order valence-corrected chi connectivity index (χ0v) is 7.18. The smallest absolute Gasteiger partial charge is 0.233 e. The van der Waals surface area contributed by atoms with Crippen LogP contribution < -0.4 is 10.6 Å². The van der Waals surface area contributed by atoms with Crippen LogP contribution in [0, 0.1) is 0 Å². The van der Waals surface area contributed by atoms with E-state index in [1.54, 1.807) is 7.05 Å². The van der Waals surface area contributed by atoms with Crippen LogP contribution in [-0.4, -0.2) is 25.5 Å². The van der Waals surface area contributed by atoms with Gasteiger partial charge in [-0.15, -0.1) is 6.58 Å². The summed E-state index contributed by atoms with van der Waals surface area (Å²) in [7, 11) is 1.63. The lowest BCUT2D eigenvalue weighted by atomic mass is 10.2. The minimum absolute atomic E-state index is 0.0147. The fraction of sp³-hybridized carbons (Fsp3) is 0.625. The summed E-state index contributed by atoms with van der Waals surface area (Å²) in [5.41, 5.74) is 0. The molecular formula is C8H16N2O. The monoisotopic (exact) mass is 156 g/mol. The lowest BCUT2D eigenvalue weighted by molar-refractivity contribution is -0.119. The molecule has 0 aliphatic heterocycles. The zero-order chi connectivity index (χ0) is 8.69. The fourth-order valence-electron chi connectivity index (χ4n) is 0.689. The standard InChI is InChI=1S/C8H16N2O/c1-4-5-7(2)10-6-8(11)9-3/h4,7,10H,1,5-6H2,2-3H3,(H,9,11). The summed E-state index contributed by atoms with van der Waals surface area (Å²) in [5.74, 6) is 0.0147. The topological polar surface area (TPSA) is 41.1 Å². The van der Waals surface area contributed by atoms with Gasteiger partial charge in [-0.2, -0.15) is 0 Å². The third-order valence-corrected chi connectivity index (χ3v) is 1.41. The number of rotatable bonds is 5. The predicted molar refractivity (Wildman–Crippen MR) is 46.3 cm³/mol. The maximum absolute atomic E-state index is 10.7. The van der Waals surface area contributed by atoms with Crippen molar-refractivity contribution in [3.05, 3.63) is 12.7 Å². The summed E-state index contributed by atoms with van der Waals surface area (Å²) in [6.07, 6.45) is 2.72. The van der Waals surface area contributed by atoms with Gasteiger partial charge in [0.25, 0.3) is 0 Å². The van der Waals surface area contributed by atoms with Crippen LogP contribution in [0.4, 0.5) is 0 Å². The molecule has 0 saturated heterocycles. The minimum atomic E-state index is 0.0147. The van der Waals surface area contributed by atoms with Gasteiger partial charge in [0.2, 0.25) is 5.91 Å². The Hall–Kier alpha value is -0.830. The lowest BCUT2D eigenvalue weighted by Crippen LogP contribution is -2.36. The summed E-state index contributed by atoms with van der Waals surface area (Å²) >= 11 is 0. The molecule has 1 atom stereocenters. The average molecular weight is 156 g/mol. The molecule has 0 heterocycles. The van der Waals surface area contributed by atoms with Crippen molar-refractivity contribution in [2.24, 2.45) is 0 Å². The normalized spacial score (nSPS) is 12.2. The van der Waals surface area contributed by atoms with Crippen LogP contribution in [0.1, 0.15) is 13.3 Å². The van der Waals surface area contributed by atoms with Crippen molar-refractivity contribution < 1.29 is 4.79 Å². The molecule has 0 aliphatic carbocycles. The third kappa shape index (κ3) is 5.61. The van der Waals surface area contributed by atoms with Crippen LogP contribution in [0.5, 0.6) is 0 Å². The molecule has 0 aliphatic rings. The first-order valence-corrected chi connectivity index (χ1v) is 3.75. The van der Waals surface area contributed by atoms with Gasteiger partial charge < -0.3 is 10.6 Å². The Morgan fingerprint density at radius 2 is 2.36 bits per heavy atom. The van der Waals surface area contributed by atoms with E-state index in [9.17, 15) is 4.79 Å². The molecule has 64 valence electrons. The molecule has 3 nitrogen and oxygen atoms in total. The Balaban J connectivity index is 3.36. The number of likely N-dealkylation sites (N-methyl/N-ethyl adjacent to an activating group) is 1. The van der Waals surface area contributed by atoms with Crippen LogP contribution in [0.2, 0.25) is 0 Å². The van der Waals surface area contributed by atoms with Gasteiger partial charge in [-0.25, -0.2) is 0 Å². The SMILES string of the molecule is C=CCC(C)NCC(=O)NC. The van der Waals surface area contributed by atoms with Crippen molar-refractivity contribution in [1.29, 1.82) is 0 Å². The summed E-state index contributed by atoms with van der Waals surface area (Å²) < 4.78 is 0. The molecule has 0 fully saturated rings. The molecule has 0 rings (SSSR count). The summed E-state index contributed by atoms with van der Waals surface area (Å²) in [6.45, 7) is 6.01. The highest BCUT2D eigenvalue weighted by Gasteiger charge is 2.00. The maximum Gasteiger partial charge on any atom is 0.233 e. The van der Waals surface area contributed by atoms with Crippen molar-refractivity contribution in [2.75, 3.05) is 13.6 Å². The van der Waals surface area contributed by atoms with Gasteiger partial charge >= 0.3 is 0 Å². The van der Waals surface area contributed by atoms with Crippen molar-refractivity contribution in [2.45, 2.75) is 19.4 Å². The molecule has 0 spiro atoms. The van der Waals surface area contributed by atoms with E-state index in [1.165, 1.54) is 0 Å². The van der Waals surface area contributed by atoms with E-state index in [2.05, 4.69) is 17.2 Å². The molecule has 2 N–H and O–H groups in total. The number of carbonyl (C=O) groups is 1. The fourth-order valence-corrected chi connectivity index (χ4v) is 0.689. The Morgan fingerprint density at radius 1 is 1.73 bits per heavy atom. The lowest BCUT2D eigenvalue weighted by Gasteiger charge is -2.09. The minimum Gasteiger partial charge on any atom is -0.358 e. The second-order valence-corrected chi connectivity index (χ2v) is 2.48. The van der Waals surface area contributed by atoms with Gasteiger partial charge in [0, 0.05) is 13.1 Å². The zero-order valence-electron chi connectivity index (χ0n) is 7.18. The number of hydrogen-bond acceptors (Lipinski definition) is 2. The molecule has 0 aromatic rings. The van der Waals surface area contributed by atoms with Crippen molar-refractivity contribution in [3.8, 4) is 0 Å². The van der Waals surface area contributed by atoms with E-state index < -0.39 is 0 Å². The molecule has 0 radical (unpaired) electrons. The number of nitrogens with one attached hydrogen (secondary N) is 2. The van der Waals surface area contributed by atoms with E-state index >= 15 is 0 Å². The van der Waals surface area contributed by atoms with E-state index in [0.717, 1.165) is 6.42 Å². The molecule has 3 heteroatoms. The molecule has 1 amide bonds. The highest BCUT2D eigenvalue weighted by Crippen LogP contribution is 1.88. The van der Waals surface area contributed by atoms with E-state index in [-0.39, 0.29) is 5.91 Å². The van der Waals surface area contributed by atoms with Gasteiger partial charge in [0.1, 0.15) is 0 Å². The molecule has 1 unspecified atom stereocenters. The molecular weight excluding hydrogens is 140 g/mol. The van der Waals surface area contributed by atoms with Gasteiger partial charge in [-0.1, -0.05) is 6.08 Å². The molecule has 11 heavy (non-hydrogen) atoms. The van der Waals surface area contributed by atoms with E-state index in [1.807, 2.05) is 13.0 Å². The third-order valence-electron chi connectivity index (χ3n) is 1.41. The number of carbonyl (C=O) groups excluding carboxylic acids is 1. The summed E-state index contributed by atoms with van der Waals surface area (Å²) in [4.78, 5) is 10.7. The van der Waals surface area contributed by atoms with Gasteiger partial charge in [-0.05, 0) is 13.3 Å². The van der Waals surface area contributed by atoms with Crippen LogP contribution >= 0.6 is 0 Å². The molecule has 0 bridgehead atoms. The number of amides is 1. The van der Waals surface area contributed by atoms with Crippen molar-refractivity contribution >= 4 is 5.91 Å². The first-order valence-electron chi connectivity index (χ1n) is 3.75. The maximum atomic E-state index is 10.7. The quantitative estimate of drug-likeness (QED) is 0.562. The van der Waals surface area contributed by atoms with Crippen molar-refractivity contribution in [3.63, 3.8) is 0 Å². The highest BCUT2D eigenvalue weighted by atomic mass is 16.1. The van der Waals surface area contributed by atoms with Gasteiger partial charge in [0.05, 0.1) is 6.54 Å². The van der Waals surface area contributed by atoms with E-state index in [4.69, 9.17) is 0 Å². The Morgan fingerprint density at radius 3 is 2.82 bits per heavy atom. The van der Waals surface area contributed by atoms with Crippen LogP contribution in [0.15, 0.2) is 12.7 Å². The Bertz CT molecular complexity index is 134. The van der Waals surface area contributed by atoms with Crippen LogP contribution in [-0.2, 0) is 4.79 Å². The summed E-state index contributed by atoms with van der Waals surface area (Å²) in [5, 5.41) is 5.59. The van der Waals surface area contributed by atoms with Crippen LogP contribution in [0.3, 0.4) is 0 Å². The Labute approximate surface area is 67.9 Å². The van der Waals surface area contributed by atoms with Crippen LogP contribution in [0.25, 0.3) is 0 Å². The first kappa shape index (κ1) is 10.2. The first-order chi connectivity index (χ1) is 5.20. The Kier molecular flexibility index (Phi) is 5.47. The highest BCUT2D eigenvalue weighted by molar-refractivity contribution is 5.77. The molecule has 0 aromatic carbocycles. The largest absolute Gasteiger partial charge is 0.358 e. The average Bonchev–Trinajstić information content (AvgIpc) is 2.01. The number of hydrogen-bond donors (Lipinski definition) is 2. The second kappa shape index (κ2) is 5.92. The van der Waals surface area contributed by atoms with Gasteiger partial charge in [0.15, 0.2) is 0 Å². The van der Waals surface area contributed by atoms with Gasteiger partial charge in [-0.3, -0.25) is 4.79 Å². The molecule has 0 aromatic heterocycles.